The van der Waals surface area contributed by atoms with E-state index in [1.165, 1.54) is 0 Å². The summed E-state index contributed by atoms with van der Waals surface area (Å²) in [5.41, 5.74) is 3.23. The number of fused-ring (bicyclic) bond motifs is 1. The van der Waals surface area contributed by atoms with E-state index in [0.717, 1.165) is 11.1 Å². The summed E-state index contributed by atoms with van der Waals surface area (Å²) in [6.45, 7) is 0. The third-order valence-corrected chi connectivity index (χ3v) is 3.29. The molecule has 0 N–H and O–H groups in total. The van der Waals surface area contributed by atoms with E-state index in [0.29, 0.717) is 28.9 Å². The Labute approximate surface area is 120 Å². The monoisotopic (exact) mass is 286 g/mol. The number of halogens is 1. The van der Waals surface area contributed by atoms with E-state index < -0.39 is 0 Å². The maximum Gasteiger partial charge on any atom is 0.141 e. The molecule has 4 nitrogen and oxygen atoms in total. The van der Waals surface area contributed by atoms with Crippen LogP contribution in [0.3, 0.4) is 0 Å². The van der Waals surface area contributed by atoms with Crippen LogP contribution in [0.2, 0.25) is 5.02 Å². The lowest BCUT2D eigenvalue weighted by Crippen LogP contribution is -2.06. The minimum absolute atomic E-state index is 0.142. The van der Waals surface area contributed by atoms with Gasteiger partial charge in [0.05, 0.1) is 0 Å². The molecule has 5 heteroatoms. The molecule has 0 unspecified atom stereocenters. The van der Waals surface area contributed by atoms with Gasteiger partial charge >= 0.3 is 0 Å². The van der Waals surface area contributed by atoms with Crippen LogP contribution in [0.4, 0.5) is 0 Å². The number of Topliss-reactive ketones (excluding diaryl/α,β-unsaturated/α-hetero) is 1. The molecule has 1 aromatic heterocycles. The summed E-state index contributed by atoms with van der Waals surface area (Å²) < 4.78 is 4.63. The molecule has 0 amide bonds. The van der Waals surface area contributed by atoms with Crippen LogP contribution < -0.4 is 0 Å². The molecule has 0 bridgehead atoms. The number of benzene rings is 2. The highest BCUT2D eigenvalue weighted by molar-refractivity contribution is 6.30. The minimum Gasteiger partial charge on any atom is -0.299 e. The highest BCUT2D eigenvalue weighted by atomic mass is 35.5. The molecule has 0 aliphatic carbocycles. The van der Waals surface area contributed by atoms with E-state index in [-0.39, 0.29) is 5.78 Å². The third-order valence-electron chi connectivity index (χ3n) is 3.03. The maximum atomic E-state index is 12.0. The molecule has 100 valence electrons. The summed E-state index contributed by atoms with van der Waals surface area (Å²) in [5.74, 6) is 0.142. The Balaban J connectivity index is 1.70. The quantitative estimate of drug-likeness (QED) is 0.739. The van der Waals surface area contributed by atoms with Gasteiger partial charge in [0.15, 0.2) is 0 Å². The Morgan fingerprint density at radius 2 is 1.60 bits per heavy atom. The predicted octanol–water partition coefficient (Wildman–Crippen LogP) is 3.23. The van der Waals surface area contributed by atoms with Gasteiger partial charge in [0.25, 0.3) is 0 Å². The van der Waals surface area contributed by atoms with Gasteiger partial charge in [0, 0.05) is 17.9 Å². The molecule has 0 aliphatic rings. The van der Waals surface area contributed by atoms with Crippen LogP contribution in [0, 0.1) is 0 Å². The molecule has 0 radical (unpaired) electrons. The topological polar surface area (TPSA) is 56.0 Å². The largest absolute Gasteiger partial charge is 0.299 e. The first kappa shape index (κ1) is 12.8. The van der Waals surface area contributed by atoms with Gasteiger partial charge in [0.2, 0.25) is 0 Å². The zero-order chi connectivity index (χ0) is 13.9. The molecular weight excluding hydrogens is 276 g/mol. The Bertz CT molecular complexity index is 750. The SMILES string of the molecule is O=C(Cc1ccc(Cl)cc1)Cc1ccc2nonc2c1. The second-order valence-corrected chi connectivity index (χ2v) is 5.04. The van der Waals surface area contributed by atoms with Crippen molar-refractivity contribution in [3.05, 3.63) is 58.6 Å². The predicted molar refractivity (Wildman–Crippen MR) is 75.7 cm³/mol. The highest BCUT2D eigenvalue weighted by Crippen LogP contribution is 2.14. The van der Waals surface area contributed by atoms with Crippen molar-refractivity contribution in [1.82, 2.24) is 10.3 Å². The average Bonchev–Trinajstić information content (AvgIpc) is 2.89. The normalized spacial score (nSPS) is 10.8. The fraction of sp³-hybridized carbons (Fsp3) is 0.133. The number of hydrogen-bond donors (Lipinski definition) is 0. The van der Waals surface area contributed by atoms with Crippen LogP contribution in [0.1, 0.15) is 11.1 Å². The molecule has 20 heavy (non-hydrogen) atoms. The van der Waals surface area contributed by atoms with Gasteiger partial charge < -0.3 is 0 Å². The van der Waals surface area contributed by atoms with Crippen LogP contribution in [0.25, 0.3) is 11.0 Å². The molecule has 2 aromatic carbocycles. The number of carbonyl (C=O) groups excluding carboxylic acids is 1. The van der Waals surface area contributed by atoms with E-state index in [2.05, 4.69) is 14.9 Å². The van der Waals surface area contributed by atoms with Crippen molar-refractivity contribution in [2.75, 3.05) is 0 Å². The molecule has 3 aromatic rings. The van der Waals surface area contributed by atoms with E-state index >= 15 is 0 Å². The first-order chi connectivity index (χ1) is 9.70. The average molecular weight is 287 g/mol. The van der Waals surface area contributed by atoms with Crippen LogP contribution in [0.15, 0.2) is 47.1 Å². The van der Waals surface area contributed by atoms with E-state index in [9.17, 15) is 4.79 Å². The fourth-order valence-electron chi connectivity index (χ4n) is 2.06. The van der Waals surface area contributed by atoms with Gasteiger partial charge in [-0.1, -0.05) is 29.8 Å². The number of aromatic nitrogens is 2. The zero-order valence-electron chi connectivity index (χ0n) is 10.5. The van der Waals surface area contributed by atoms with Gasteiger partial charge in [-0.05, 0) is 45.7 Å². The molecule has 0 saturated carbocycles. The first-order valence-electron chi connectivity index (χ1n) is 6.18. The molecule has 3 rings (SSSR count). The summed E-state index contributed by atoms with van der Waals surface area (Å²) in [6, 6.07) is 12.8. The Hall–Kier alpha value is -2.20. The Morgan fingerprint density at radius 1 is 0.950 bits per heavy atom. The van der Waals surface area contributed by atoms with Crippen LogP contribution >= 0.6 is 11.6 Å². The lowest BCUT2D eigenvalue weighted by Gasteiger charge is -2.02. The van der Waals surface area contributed by atoms with Crippen molar-refractivity contribution < 1.29 is 9.42 Å². The van der Waals surface area contributed by atoms with Crippen molar-refractivity contribution in [2.45, 2.75) is 12.8 Å². The third kappa shape index (κ3) is 2.86. The molecule has 0 aliphatic heterocycles. The molecule has 0 fully saturated rings. The van der Waals surface area contributed by atoms with Crippen molar-refractivity contribution >= 4 is 28.4 Å². The number of hydrogen-bond acceptors (Lipinski definition) is 4. The molecule has 0 spiro atoms. The number of ketones is 1. The molecule has 1 heterocycles. The standard InChI is InChI=1S/C15H11ClN2O2/c16-12-4-1-10(2-5-12)7-13(19)8-11-3-6-14-15(9-11)18-20-17-14/h1-6,9H,7-8H2. The van der Waals surface area contributed by atoms with Gasteiger partial charge in [-0.3, -0.25) is 4.79 Å². The summed E-state index contributed by atoms with van der Waals surface area (Å²) in [5, 5.41) is 8.17. The molecular formula is C15H11ClN2O2. The van der Waals surface area contributed by atoms with Crippen molar-refractivity contribution in [3.63, 3.8) is 0 Å². The summed E-state index contributed by atoms with van der Waals surface area (Å²) in [4.78, 5) is 12.0. The Morgan fingerprint density at radius 3 is 2.40 bits per heavy atom. The zero-order valence-corrected chi connectivity index (χ0v) is 11.3. The van der Waals surface area contributed by atoms with Gasteiger partial charge in [-0.2, -0.15) is 0 Å². The second-order valence-electron chi connectivity index (χ2n) is 4.61. The minimum atomic E-state index is 0.142. The first-order valence-corrected chi connectivity index (χ1v) is 6.56. The second kappa shape index (κ2) is 5.43. The maximum absolute atomic E-state index is 12.0. The fourth-order valence-corrected chi connectivity index (χ4v) is 2.18. The van der Waals surface area contributed by atoms with Gasteiger partial charge in [-0.25, -0.2) is 4.63 Å². The molecule has 0 saturated heterocycles. The van der Waals surface area contributed by atoms with E-state index in [1.54, 1.807) is 18.2 Å². The van der Waals surface area contributed by atoms with Crippen molar-refractivity contribution in [2.24, 2.45) is 0 Å². The van der Waals surface area contributed by atoms with Crippen LogP contribution in [-0.2, 0) is 17.6 Å². The summed E-state index contributed by atoms with van der Waals surface area (Å²) >= 11 is 5.82. The summed E-state index contributed by atoms with van der Waals surface area (Å²) in [7, 11) is 0. The van der Waals surface area contributed by atoms with Gasteiger partial charge in [-0.15, -0.1) is 0 Å². The lowest BCUT2D eigenvalue weighted by atomic mass is 10.0. The number of nitrogens with zero attached hydrogens (tertiary/aromatic N) is 2. The van der Waals surface area contributed by atoms with Crippen molar-refractivity contribution in [1.29, 1.82) is 0 Å². The number of rotatable bonds is 4. The van der Waals surface area contributed by atoms with Crippen molar-refractivity contribution in [3.8, 4) is 0 Å². The van der Waals surface area contributed by atoms with Gasteiger partial charge in [0.1, 0.15) is 16.8 Å². The highest BCUT2D eigenvalue weighted by Gasteiger charge is 2.08. The molecule has 0 atom stereocenters. The lowest BCUT2D eigenvalue weighted by molar-refractivity contribution is -0.117. The Kier molecular flexibility index (Phi) is 3.48. The summed E-state index contributed by atoms with van der Waals surface area (Å²) in [6.07, 6.45) is 0.762. The number of carbonyl (C=O) groups is 1. The van der Waals surface area contributed by atoms with Crippen LogP contribution in [-0.4, -0.2) is 16.1 Å². The van der Waals surface area contributed by atoms with E-state index in [1.807, 2.05) is 24.3 Å². The van der Waals surface area contributed by atoms with E-state index in [4.69, 9.17) is 11.6 Å². The van der Waals surface area contributed by atoms with Crippen LogP contribution in [0.5, 0.6) is 0 Å². The smallest absolute Gasteiger partial charge is 0.141 e.